The fourth-order valence-corrected chi connectivity index (χ4v) is 2.48. The quantitative estimate of drug-likeness (QED) is 0.854. The first-order valence-corrected chi connectivity index (χ1v) is 6.14. The van der Waals surface area contributed by atoms with Crippen molar-refractivity contribution in [1.82, 2.24) is 0 Å². The monoisotopic (exact) mass is 228 g/mol. The Hall–Kier alpha value is -1.54. The molecule has 0 aromatic heterocycles. The van der Waals surface area contributed by atoms with Crippen molar-refractivity contribution < 1.29 is 9.84 Å². The Bertz CT molecular complexity index is 527. The number of hydrogen-bond acceptors (Lipinski definition) is 2. The first-order chi connectivity index (χ1) is 8.31. The summed E-state index contributed by atoms with van der Waals surface area (Å²) < 4.78 is 5.65. The maximum Gasteiger partial charge on any atom is 0.116 e. The van der Waals surface area contributed by atoms with E-state index in [1.54, 1.807) is 12.1 Å². The summed E-state index contributed by atoms with van der Waals surface area (Å²) in [6.45, 7) is 0.909. The van der Waals surface area contributed by atoms with Crippen molar-refractivity contribution in [1.29, 1.82) is 0 Å². The Labute approximate surface area is 101 Å². The molecule has 0 amide bonds. The molecule has 1 N–H and O–H groups in total. The predicted molar refractivity (Wildman–Crippen MR) is 68.3 cm³/mol. The molecule has 1 saturated heterocycles. The van der Waals surface area contributed by atoms with Crippen molar-refractivity contribution in [3.05, 3.63) is 42.0 Å². The van der Waals surface area contributed by atoms with E-state index in [0.717, 1.165) is 18.4 Å². The molecule has 2 heteroatoms. The van der Waals surface area contributed by atoms with Gasteiger partial charge in [-0.05, 0) is 47.7 Å². The lowest BCUT2D eigenvalue weighted by Crippen LogP contribution is -2.08. The van der Waals surface area contributed by atoms with Gasteiger partial charge < -0.3 is 9.84 Å². The Balaban J connectivity index is 1.88. The van der Waals surface area contributed by atoms with Gasteiger partial charge in [0.2, 0.25) is 0 Å². The smallest absolute Gasteiger partial charge is 0.116 e. The minimum atomic E-state index is 0.323. The highest BCUT2D eigenvalue weighted by molar-refractivity contribution is 5.84. The molecule has 1 aliphatic rings. The van der Waals surface area contributed by atoms with E-state index in [1.165, 1.54) is 23.8 Å². The average Bonchev–Trinajstić information content (AvgIpc) is 2.82. The SMILES string of the molecule is Oc1ccc2cc(CC3CCCO3)ccc2c1. The maximum atomic E-state index is 9.41. The highest BCUT2D eigenvalue weighted by atomic mass is 16.5. The van der Waals surface area contributed by atoms with Crippen LogP contribution in [0.5, 0.6) is 5.75 Å². The number of benzene rings is 2. The summed E-state index contributed by atoms with van der Waals surface area (Å²) in [5.41, 5.74) is 1.31. The van der Waals surface area contributed by atoms with Crippen molar-refractivity contribution in [2.75, 3.05) is 6.61 Å². The molecule has 0 spiro atoms. The number of rotatable bonds is 2. The number of phenolic OH excluding ortho intramolecular Hbond substituents is 1. The van der Waals surface area contributed by atoms with E-state index in [2.05, 4.69) is 18.2 Å². The molecule has 17 heavy (non-hydrogen) atoms. The molecule has 0 bridgehead atoms. The zero-order chi connectivity index (χ0) is 11.7. The molecule has 1 aliphatic heterocycles. The third kappa shape index (κ3) is 2.27. The molecule has 2 aromatic carbocycles. The second kappa shape index (κ2) is 4.38. The Kier molecular flexibility index (Phi) is 2.73. The van der Waals surface area contributed by atoms with Crippen LogP contribution in [0.15, 0.2) is 36.4 Å². The summed E-state index contributed by atoms with van der Waals surface area (Å²) in [6, 6.07) is 11.9. The molecule has 1 atom stereocenters. The molecule has 0 aliphatic carbocycles. The fourth-order valence-electron chi connectivity index (χ4n) is 2.48. The van der Waals surface area contributed by atoms with Crippen LogP contribution in [0.25, 0.3) is 10.8 Å². The van der Waals surface area contributed by atoms with Crippen molar-refractivity contribution in [3.63, 3.8) is 0 Å². The minimum absolute atomic E-state index is 0.323. The topological polar surface area (TPSA) is 29.5 Å². The summed E-state index contributed by atoms with van der Waals surface area (Å²) >= 11 is 0. The predicted octanol–water partition coefficient (Wildman–Crippen LogP) is 3.27. The fraction of sp³-hybridized carbons (Fsp3) is 0.333. The van der Waals surface area contributed by atoms with Crippen molar-refractivity contribution in [2.45, 2.75) is 25.4 Å². The summed E-state index contributed by atoms with van der Waals surface area (Å²) in [6.07, 6.45) is 3.75. The van der Waals surface area contributed by atoms with E-state index >= 15 is 0 Å². The standard InChI is InChI=1S/C15H16O2/c16-14-6-5-12-8-11(3-4-13(12)10-14)9-15-2-1-7-17-15/h3-6,8,10,15-16H,1-2,7,9H2. The van der Waals surface area contributed by atoms with Gasteiger partial charge in [-0.15, -0.1) is 0 Å². The molecule has 0 saturated carbocycles. The average molecular weight is 228 g/mol. The largest absolute Gasteiger partial charge is 0.508 e. The molecule has 1 fully saturated rings. The molecule has 1 unspecified atom stereocenters. The molecule has 2 nitrogen and oxygen atoms in total. The third-order valence-electron chi connectivity index (χ3n) is 3.38. The molecular weight excluding hydrogens is 212 g/mol. The van der Waals surface area contributed by atoms with E-state index in [-0.39, 0.29) is 0 Å². The van der Waals surface area contributed by atoms with E-state index in [4.69, 9.17) is 4.74 Å². The zero-order valence-corrected chi connectivity index (χ0v) is 9.73. The van der Waals surface area contributed by atoms with E-state index in [1.807, 2.05) is 6.07 Å². The van der Waals surface area contributed by atoms with Crippen LogP contribution in [0.4, 0.5) is 0 Å². The van der Waals surface area contributed by atoms with Crippen LogP contribution >= 0.6 is 0 Å². The van der Waals surface area contributed by atoms with Crippen LogP contribution in [0.3, 0.4) is 0 Å². The van der Waals surface area contributed by atoms with Crippen molar-refractivity contribution in [2.24, 2.45) is 0 Å². The van der Waals surface area contributed by atoms with Crippen LogP contribution in [0.2, 0.25) is 0 Å². The lowest BCUT2D eigenvalue weighted by molar-refractivity contribution is 0.111. The number of aromatic hydroxyl groups is 1. The molecule has 2 aromatic rings. The van der Waals surface area contributed by atoms with Gasteiger partial charge in [-0.2, -0.15) is 0 Å². The van der Waals surface area contributed by atoms with Gasteiger partial charge in [0.1, 0.15) is 5.75 Å². The highest BCUT2D eigenvalue weighted by Gasteiger charge is 2.15. The number of ether oxygens (including phenoxy) is 1. The van der Waals surface area contributed by atoms with E-state index < -0.39 is 0 Å². The van der Waals surface area contributed by atoms with Gasteiger partial charge in [0, 0.05) is 6.61 Å². The first-order valence-electron chi connectivity index (χ1n) is 6.14. The van der Waals surface area contributed by atoms with Crippen LogP contribution in [-0.2, 0) is 11.2 Å². The molecule has 1 heterocycles. The molecular formula is C15H16O2. The Morgan fingerprint density at radius 2 is 1.94 bits per heavy atom. The van der Waals surface area contributed by atoms with Gasteiger partial charge in [0.25, 0.3) is 0 Å². The molecule has 88 valence electrons. The Morgan fingerprint density at radius 3 is 2.76 bits per heavy atom. The first kappa shape index (κ1) is 10.6. The summed E-state index contributed by atoms with van der Waals surface area (Å²) in [5.74, 6) is 0.323. The van der Waals surface area contributed by atoms with Crippen LogP contribution < -0.4 is 0 Å². The van der Waals surface area contributed by atoms with Crippen molar-refractivity contribution in [3.8, 4) is 5.75 Å². The third-order valence-corrected chi connectivity index (χ3v) is 3.38. The van der Waals surface area contributed by atoms with E-state index in [0.29, 0.717) is 11.9 Å². The summed E-state index contributed by atoms with van der Waals surface area (Å²) in [4.78, 5) is 0. The normalized spacial score (nSPS) is 19.9. The van der Waals surface area contributed by atoms with Crippen molar-refractivity contribution >= 4 is 10.8 Å². The lowest BCUT2D eigenvalue weighted by Gasteiger charge is -2.10. The zero-order valence-electron chi connectivity index (χ0n) is 9.73. The second-order valence-corrected chi connectivity index (χ2v) is 4.70. The maximum absolute atomic E-state index is 9.41. The molecule has 0 radical (unpaired) electrons. The lowest BCUT2D eigenvalue weighted by atomic mass is 10.0. The molecule has 3 rings (SSSR count). The van der Waals surface area contributed by atoms with Gasteiger partial charge >= 0.3 is 0 Å². The van der Waals surface area contributed by atoms with Gasteiger partial charge in [-0.1, -0.05) is 24.3 Å². The van der Waals surface area contributed by atoms with Crippen LogP contribution in [-0.4, -0.2) is 17.8 Å². The number of fused-ring (bicyclic) bond motifs is 1. The number of hydrogen-bond donors (Lipinski definition) is 1. The second-order valence-electron chi connectivity index (χ2n) is 4.70. The van der Waals surface area contributed by atoms with Crippen LogP contribution in [0.1, 0.15) is 18.4 Å². The van der Waals surface area contributed by atoms with Gasteiger partial charge in [-0.25, -0.2) is 0 Å². The van der Waals surface area contributed by atoms with Gasteiger partial charge in [0.15, 0.2) is 0 Å². The summed E-state index contributed by atoms with van der Waals surface area (Å²) in [5, 5.41) is 11.7. The minimum Gasteiger partial charge on any atom is -0.508 e. The van der Waals surface area contributed by atoms with Gasteiger partial charge in [0.05, 0.1) is 6.10 Å². The number of phenols is 1. The summed E-state index contributed by atoms with van der Waals surface area (Å²) in [7, 11) is 0. The highest BCUT2D eigenvalue weighted by Crippen LogP contribution is 2.23. The van der Waals surface area contributed by atoms with Gasteiger partial charge in [-0.3, -0.25) is 0 Å². The van der Waals surface area contributed by atoms with E-state index in [9.17, 15) is 5.11 Å². The Morgan fingerprint density at radius 1 is 1.12 bits per heavy atom. The van der Waals surface area contributed by atoms with Crippen LogP contribution in [0, 0.1) is 0 Å².